The second-order valence-corrected chi connectivity index (χ2v) is 8.16. The summed E-state index contributed by atoms with van der Waals surface area (Å²) in [5.74, 6) is 2.55. The average molecular weight is 538 g/mol. The van der Waals surface area contributed by atoms with Crippen LogP contribution in [0.5, 0.6) is 5.75 Å². The molecule has 3 N–H and O–H groups in total. The third-order valence-electron chi connectivity index (χ3n) is 4.22. The molecule has 3 aromatic heterocycles. The highest BCUT2D eigenvalue weighted by Gasteiger charge is 2.18. The number of rotatable bonds is 5. The van der Waals surface area contributed by atoms with E-state index in [0.29, 0.717) is 23.8 Å². The zero-order valence-corrected chi connectivity index (χ0v) is 20.6. The van der Waals surface area contributed by atoms with Crippen molar-refractivity contribution < 1.29 is 4.74 Å². The van der Waals surface area contributed by atoms with Crippen LogP contribution in [0.4, 0.5) is 17.2 Å². The number of fused-ring (bicyclic) bond motifs is 1. The minimum Gasteiger partial charge on any atom is -0.494 e. The Morgan fingerprint density at radius 3 is 2.60 bits per heavy atom. The molecule has 0 amide bonds. The fraction of sp³-hybridized carbons (Fsp3) is 0.263. The number of hydrogen-bond donors (Lipinski definition) is 2. The fourth-order valence-electron chi connectivity index (χ4n) is 3.01. The molecule has 30 heavy (non-hydrogen) atoms. The highest BCUT2D eigenvalue weighted by molar-refractivity contribution is 14.2. The second kappa shape index (κ2) is 9.57. The molecular weight excluding hydrogens is 514 g/mol. The zero-order valence-electron chi connectivity index (χ0n) is 17.4. The predicted molar refractivity (Wildman–Crippen MR) is 132 cm³/mol. The Morgan fingerprint density at radius 1 is 1.20 bits per heavy atom. The smallest absolute Gasteiger partial charge is 0.184 e. The quantitative estimate of drug-likeness (QED) is 0.281. The number of nitrogens with zero attached hydrogens (tertiary/aromatic N) is 6. The van der Waals surface area contributed by atoms with Gasteiger partial charge in [-0.1, -0.05) is 19.9 Å². The first kappa shape index (κ1) is 22.2. The number of para-hydroxylation sites is 1. The SMILES string of the molecule is CC.COc1c(Nc2cc(N)nc3c2nc(C)n3PI)cccc1-c1ncn(C)n1. The van der Waals surface area contributed by atoms with Gasteiger partial charge in [0.1, 0.15) is 23.5 Å². The van der Waals surface area contributed by atoms with Crippen LogP contribution in [-0.4, -0.2) is 36.2 Å². The van der Waals surface area contributed by atoms with Crippen molar-refractivity contribution in [1.29, 1.82) is 0 Å². The molecule has 0 aliphatic carbocycles. The summed E-state index contributed by atoms with van der Waals surface area (Å²) in [6.07, 6.45) is 2.14. The molecule has 1 aromatic carbocycles. The van der Waals surface area contributed by atoms with Crippen LogP contribution in [0.25, 0.3) is 22.6 Å². The number of nitrogen functional groups attached to an aromatic ring is 1. The molecule has 0 fully saturated rings. The number of hydrogen-bond acceptors (Lipinski definition) is 7. The summed E-state index contributed by atoms with van der Waals surface area (Å²) in [4.78, 5) is 13.5. The van der Waals surface area contributed by atoms with E-state index in [1.807, 2.05) is 50.4 Å². The lowest BCUT2D eigenvalue weighted by molar-refractivity contribution is 0.418. The van der Waals surface area contributed by atoms with Gasteiger partial charge in [-0.2, -0.15) is 5.10 Å². The van der Waals surface area contributed by atoms with Gasteiger partial charge in [0.05, 0.1) is 30.4 Å². The highest BCUT2D eigenvalue weighted by atomic mass is 127. The standard InChI is InChI=1S/C17H18IN8OP.C2H6/c1-9-21-14-12(7-13(19)23-17(14)26(9)28-18)22-11-6-4-5-10(15(11)27-3)16-20-8-25(2)24-16;1-2/h4-8,28H,1-3H3,(H3,19,22,23);1-2H3. The molecule has 0 aliphatic heterocycles. The lowest BCUT2D eigenvalue weighted by Gasteiger charge is -2.14. The monoisotopic (exact) mass is 538 g/mol. The van der Waals surface area contributed by atoms with Crippen LogP contribution in [0.1, 0.15) is 19.7 Å². The number of pyridine rings is 1. The number of nitrogens with two attached hydrogens (primary N) is 1. The molecule has 1 atom stereocenters. The topological polar surface area (TPSA) is 109 Å². The number of methoxy groups -OCH3 is 1. The molecule has 0 aliphatic rings. The summed E-state index contributed by atoms with van der Waals surface area (Å²) in [5, 5.41) is 7.79. The zero-order chi connectivity index (χ0) is 21.8. The van der Waals surface area contributed by atoms with Crippen molar-refractivity contribution in [3.8, 4) is 17.1 Å². The fourth-order valence-corrected chi connectivity index (χ4v) is 5.15. The van der Waals surface area contributed by atoms with E-state index in [0.717, 1.165) is 33.9 Å². The maximum atomic E-state index is 6.06. The molecular formula is C19H24IN8OP. The van der Waals surface area contributed by atoms with Gasteiger partial charge in [-0.3, -0.25) is 9.02 Å². The van der Waals surface area contributed by atoms with E-state index in [9.17, 15) is 0 Å². The molecule has 0 bridgehead atoms. The van der Waals surface area contributed by atoms with Crippen LogP contribution >= 0.6 is 28.4 Å². The maximum absolute atomic E-state index is 6.06. The van der Waals surface area contributed by atoms with Gasteiger partial charge in [0.25, 0.3) is 0 Å². The maximum Gasteiger partial charge on any atom is 0.184 e. The van der Waals surface area contributed by atoms with Gasteiger partial charge in [0.15, 0.2) is 17.2 Å². The number of nitrogens with one attached hydrogen (secondary N) is 1. The molecule has 0 spiro atoms. The van der Waals surface area contributed by atoms with Crippen molar-refractivity contribution in [1.82, 2.24) is 29.1 Å². The lowest BCUT2D eigenvalue weighted by atomic mass is 10.1. The predicted octanol–water partition coefficient (Wildman–Crippen LogP) is 4.69. The summed E-state index contributed by atoms with van der Waals surface area (Å²) in [6, 6.07) is 7.55. The van der Waals surface area contributed by atoms with Crippen LogP contribution in [0, 0.1) is 6.92 Å². The minimum absolute atomic E-state index is 0.423. The third kappa shape index (κ3) is 4.20. The molecule has 0 saturated heterocycles. The molecule has 0 saturated carbocycles. The number of anilines is 3. The Labute approximate surface area is 189 Å². The first-order valence-electron chi connectivity index (χ1n) is 9.34. The van der Waals surface area contributed by atoms with E-state index in [4.69, 9.17) is 10.5 Å². The van der Waals surface area contributed by atoms with Crippen molar-refractivity contribution in [2.75, 3.05) is 18.2 Å². The van der Waals surface area contributed by atoms with Gasteiger partial charge in [0, 0.05) is 13.1 Å². The number of aryl methyl sites for hydroxylation is 2. The van der Waals surface area contributed by atoms with E-state index < -0.39 is 0 Å². The second-order valence-electron chi connectivity index (χ2n) is 6.10. The number of ether oxygens (including phenoxy) is 1. The van der Waals surface area contributed by atoms with Crippen molar-refractivity contribution >= 4 is 56.8 Å². The van der Waals surface area contributed by atoms with Gasteiger partial charge in [-0.25, -0.2) is 15.0 Å². The summed E-state index contributed by atoms with van der Waals surface area (Å²) >= 11 is 2.31. The third-order valence-corrected chi connectivity index (χ3v) is 6.37. The summed E-state index contributed by atoms with van der Waals surface area (Å²) in [5.41, 5.74) is 9.91. The number of imidazole rings is 1. The van der Waals surface area contributed by atoms with Crippen molar-refractivity contribution in [2.24, 2.45) is 7.05 Å². The first-order chi connectivity index (χ1) is 14.5. The van der Waals surface area contributed by atoms with Crippen LogP contribution in [-0.2, 0) is 7.05 Å². The average Bonchev–Trinajstić information content (AvgIpc) is 3.31. The first-order valence-corrected chi connectivity index (χ1v) is 13.4. The highest BCUT2D eigenvalue weighted by Crippen LogP contribution is 2.39. The van der Waals surface area contributed by atoms with Crippen LogP contribution in [0.3, 0.4) is 0 Å². The number of halogens is 1. The molecule has 0 radical (unpaired) electrons. The molecule has 158 valence electrons. The van der Waals surface area contributed by atoms with Crippen molar-refractivity contribution in [2.45, 2.75) is 20.8 Å². The summed E-state index contributed by atoms with van der Waals surface area (Å²) < 4.78 is 9.38. The van der Waals surface area contributed by atoms with Gasteiger partial charge in [-0.15, -0.1) is 0 Å². The number of aromatic nitrogens is 6. The Bertz CT molecular complexity index is 1170. The molecule has 4 aromatic rings. The molecule has 4 rings (SSSR count). The van der Waals surface area contributed by atoms with E-state index in [-0.39, 0.29) is 0 Å². The van der Waals surface area contributed by atoms with Gasteiger partial charge in [-0.05, 0) is 41.1 Å². The van der Waals surface area contributed by atoms with Gasteiger partial charge < -0.3 is 15.8 Å². The van der Waals surface area contributed by atoms with E-state index in [2.05, 4.69) is 47.4 Å². The largest absolute Gasteiger partial charge is 0.494 e. The Hall–Kier alpha value is -2.46. The van der Waals surface area contributed by atoms with Crippen LogP contribution in [0.15, 0.2) is 30.6 Å². The minimum atomic E-state index is 0.423. The van der Waals surface area contributed by atoms with Crippen molar-refractivity contribution in [3.63, 3.8) is 0 Å². The lowest BCUT2D eigenvalue weighted by Crippen LogP contribution is -2.00. The Kier molecular flexibility index (Phi) is 7.09. The molecule has 9 nitrogen and oxygen atoms in total. The summed E-state index contributed by atoms with van der Waals surface area (Å²) in [7, 11) is 3.45. The Morgan fingerprint density at radius 2 is 1.97 bits per heavy atom. The van der Waals surface area contributed by atoms with Crippen LogP contribution < -0.4 is 15.8 Å². The molecule has 11 heteroatoms. The number of benzene rings is 1. The molecule has 1 unspecified atom stereocenters. The Balaban J connectivity index is 0.00000124. The van der Waals surface area contributed by atoms with E-state index in [1.165, 1.54) is 0 Å². The van der Waals surface area contributed by atoms with E-state index in [1.54, 1.807) is 24.2 Å². The van der Waals surface area contributed by atoms with Gasteiger partial charge >= 0.3 is 0 Å². The summed E-state index contributed by atoms with van der Waals surface area (Å²) in [6.45, 7) is 5.96. The van der Waals surface area contributed by atoms with Crippen molar-refractivity contribution in [3.05, 3.63) is 36.4 Å². The normalized spacial score (nSPS) is 11.0. The van der Waals surface area contributed by atoms with Gasteiger partial charge in [0.2, 0.25) is 0 Å². The molecule has 3 heterocycles. The van der Waals surface area contributed by atoms with Crippen LogP contribution in [0.2, 0.25) is 0 Å². The van der Waals surface area contributed by atoms with E-state index >= 15 is 0 Å².